The molecule has 0 N–H and O–H groups in total. The molecule has 8 aromatic carbocycles. The van der Waals surface area contributed by atoms with Gasteiger partial charge in [0.1, 0.15) is 11.2 Å². The van der Waals surface area contributed by atoms with Gasteiger partial charge in [0.15, 0.2) is 0 Å². The average Bonchev–Trinajstić information content (AvgIpc) is 0.953. The molecule has 0 unspecified atom stereocenters. The SMILES string of the molecule is CC(C)(C)c1ccc(N(c2ccc(C(C)(C)C)cc2)c2cc3c4c(c2)N(c2ccc5oc6ccccc6c5c2)c2cc5c(cc2B4c2cc4c(cc2N3c2ccc3c(c2)C(C)(C)CCC3(C)C)C(C)(C)CCC4(C)C)C(C)(C)CCC5(C)C)cc1. The number of fused-ring (bicyclic) bond motifs is 10. The van der Waals surface area contributed by atoms with Crippen molar-refractivity contribution < 1.29 is 4.42 Å². The van der Waals surface area contributed by atoms with E-state index in [1.807, 2.05) is 0 Å². The Balaban J connectivity index is 1.16. The number of nitrogens with zero attached hydrogens (tertiary/aromatic N) is 3. The predicted octanol–water partition coefficient (Wildman–Crippen LogP) is 20.8. The molecule has 9 aromatic rings. The molecule has 0 bridgehead atoms. The second-order valence-electron chi connectivity index (χ2n) is 32.7. The van der Waals surface area contributed by atoms with E-state index in [0.29, 0.717) is 0 Å². The van der Waals surface area contributed by atoms with Crippen LogP contribution in [0.5, 0.6) is 0 Å². The maximum absolute atomic E-state index is 6.64. The molecule has 0 amide bonds. The Morgan fingerprint density at radius 2 is 0.753 bits per heavy atom. The molecule has 0 radical (unpaired) electrons. The number of furan rings is 1. The van der Waals surface area contributed by atoms with E-state index in [-0.39, 0.29) is 50.0 Å². The lowest BCUT2D eigenvalue weighted by atomic mass is 9.32. The Kier molecular flexibility index (Phi) is 12.0. The molecule has 0 spiro atoms. The minimum atomic E-state index is -0.0640. The highest BCUT2D eigenvalue weighted by molar-refractivity contribution is 7.00. The predicted molar refractivity (Wildman–Crippen MR) is 366 cm³/mol. The van der Waals surface area contributed by atoms with Gasteiger partial charge in [-0.1, -0.05) is 185 Å². The third-order valence-electron chi connectivity index (χ3n) is 21.9. The first kappa shape index (κ1) is 55.9. The summed E-state index contributed by atoms with van der Waals surface area (Å²) in [7, 11) is 0. The van der Waals surface area contributed by atoms with Crippen molar-refractivity contribution in [2.24, 2.45) is 0 Å². The third kappa shape index (κ3) is 8.72. The van der Waals surface area contributed by atoms with Gasteiger partial charge in [0.05, 0.1) is 5.69 Å². The van der Waals surface area contributed by atoms with Crippen LogP contribution in [0.25, 0.3) is 21.9 Å². The molecule has 14 rings (SSSR count). The van der Waals surface area contributed by atoms with E-state index in [9.17, 15) is 0 Å². The van der Waals surface area contributed by atoms with Gasteiger partial charge in [-0.15, -0.1) is 0 Å². The molecule has 1 aromatic heterocycles. The van der Waals surface area contributed by atoms with Crippen molar-refractivity contribution in [3.63, 3.8) is 0 Å². The summed E-state index contributed by atoms with van der Waals surface area (Å²) in [6, 6.07) is 58.0. The fraction of sp³-hybridized carbons (Fsp3) is 0.400. The van der Waals surface area contributed by atoms with E-state index < -0.39 is 0 Å². The Hall–Kier alpha value is -6.98. The highest BCUT2D eigenvalue weighted by Crippen LogP contribution is 2.56. The molecule has 0 saturated heterocycles. The molecule has 2 aliphatic heterocycles. The first-order valence-corrected chi connectivity index (χ1v) is 32.1. The smallest absolute Gasteiger partial charge is 0.252 e. The standard InChI is InChI=1S/C80H90BN3O/c1-73(2,3)49-23-27-51(28-24-49)82(52-29-25-50(26-30-52)74(4,5)6)55-43-68-72-69(44-55)84(54-31-33-58-59(42-54)76(9,10)36-35-75(58,7)8)67-48-63-61(78(13,14)38-40-80(63,17)18)46-65(67)81(72)64-45-60-62(79(15,16)39-37-77(60,11)12)47-66(64)83(68)53-32-34-71-57(41-53)56-21-19-20-22-70(56)85-71/h19-34,41-48H,35-40H2,1-18H3. The van der Waals surface area contributed by atoms with Crippen molar-refractivity contribution in [2.75, 3.05) is 14.7 Å². The van der Waals surface area contributed by atoms with Crippen LogP contribution in [-0.4, -0.2) is 6.71 Å². The summed E-state index contributed by atoms with van der Waals surface area (Å²) in [5.41, 5.74) is 28.3. The Bertz CT molecular complexity index is 4170. The fourth-order valence-corrected chi connectivity index (χ4v) is 16.0. The summed E-state index contributed by atoms with van der Waals surface area (Å²) in [6.07, 6.45) is 6.89. The minimum absolute atomic E-state index is 0.00113. The zero-order valence-corrected chi connectivity index (χ0v) is 54.4. The van der Waals surface area contributed by atoms with Crippen LogP contribution < -0.4 is 31.1 Å². The molecule has 4 nitrogen and oxygen atoms in total. The van der Waals surface area contributed by atoms with Crippen molar-refractivity contribution in [3.8, 4) is 0 Å². The van der Waals surface area contributed by atoms with Gasteiger partial charge in [0.2, 0.25) is 0 Å². The minimum Gasteiger partial charge on any atom is -0.456 e. The van der Waals surface area contributed by atoms with Crippen LogP contribution in [-0.2, 0) is 43.3 Å². The lowest BCUT2D eigenvalue weighted by molar-refractivity contribution is 0.332. The molecule has 3 heterocycles. The molecule has 3 aliphatic carbocycles. The summed E-state index contributed by atoms with van der Waals surface area (Å²) in [5, 5.41) is 2.26. The molecule has 5 heteroatoms. The van der Waals surface area contributed by atoms with Crippen molar-refractivity contribution in [2.45, 2.75) is 206 Å². The summed E-state index contributed by atoms with van der Waals surface area (Å²) in [4.78, 5) is 7.98. The van der Waals surface area contributed by atoms with Gasteiger partial charge in [-0.3, -0.25) is 0 Å². The van der Waals surface area contributed by atoms with E-state index in [4.69, 9.17) is 4.42 Å². The number of anilines is 9. The Morgan fingerprint density at radius 1 is 0.365 bits per heavy atom. The van der Waals surface area contributed by atoms with Gasteiger partial charge in [0, 0.05) is 56.3 Å². The molecule has 0 saturated carbocycles. The quantitative estimate of drug-likeness (QED) is 0.160. The molecule has 0 atom stereocenters. The largest absolute Gasteiger partial charge is 0.456 e. The maximum Gasteiger partial charge on any atom is 0.252 e. The van der Waals surface area contributed by atoms with Crippen molar-refractivity contribution in [1.82, 2.24) is 0 Å². The number of rotatable bonds is 5. The summed E-state index contributed by atoms with van der Waals surface area (Å²) >= 11 is 0. The van der Waals surface area contributed by atoms with E-state index in [1.165, 1.54) is 95.8 Å². The van der Waals surface area contributed by atoms with Gasteiger partial charge in [-0.25, -0.2) is 0 Å². The van der Waals surface area contributed by atoms with E-state index in [0.717, 1.165) is 76.8 Å². The normalized spacial score (nSPS) is 19.2. The molecule has 0 fully saturated rings. The molecule has 85 heavy (non-hydrogen) atoms. The van der Waals surface area contributed by atoms with Gasteiger partial charge in [0.25, 0.3) is 6.71 Å². The monoisotopic (exact) mass is 1120 g/mol. The Morgan fingerprint density at radius 3 is 1.21 bits per heavy atom. The van der Waals surface area contributed by atoms with Crippen molar-refractivity contribution >= 4 is 96.2 Å². The highest BCUT2D eigenvalue weighted by atomic mass is 16.3. The zero-order valence-electron chi connectivity index (χ0n) is 54.4. The number of para-hydroxylation sites is 1. The van der Waals surface area contributed by atoms with Gasteiger partial charge in [-0.2, -0.15) is 0 Å². The molecule has 5 aliphatic rings. The lowest BCUT2D eigenvalue weighted by Crippen LogP contribution is -2.62. The first-order chi connectivity index (χ1) is 39.8. The zero-order chi connectivity index (χ0) is 60.1. The first-order valence-electron chi connectivity index (χ1n) is 32.1. The maximum atomic E-state index is 6.64. The van der Waals surface area contributed by atoms with E-state index in [1.54, 1.807) is 0 Å². The average molecular weight is 1120 g/mol. The molecule has 434 valence electrons. The van der Waals surface area contributed by atoms with Crippen LogP contribution in [0.3, 0.4) is 0 Å². The summed E-state index contributed by atoms with van der Waals surface area (Å²) < 4.78 is 6.64. The van der Waals surface area contributed by atoms with Crippen molar-refractivity contribution in [3.05, 3.63) is 190 Å². The van der Waals surface area contributed by atoms with E-state index >= 15 is 0 Å². The van der Waals surface area contributed by atoms with Gasteiger partial charge >= 0.3 is 0 Å². The topological polar surface area (TPSA) is 22.9 Å². The van der Waals surface area contributed by atoms with Gasteiger partial charge < -0.3 is 19.1 Å². The van der Waals surface area contributed by atoms with Crippen molar-refractivity contribution in [1.29, 1.82) is 0 Å². The molecular formula is C80H90BN3O. The number of hydrogen-bond acceptors (Lipinski definition) is 4. The van der Waals surface area contributed by atoms with Crippen LogP contribution in [0, 0.1) is 0 Å². The summed E-state index contributed by atoms with van der Waals surface area (Å²) in [6.45, 7) is 43.8. The van der Waals surface area contributed by atoms with E-state index in [2.05, 4.69) is 285 Å². The van der Waals surface area contributed by atoms with Crippen LogP contribution in [0.2, 0.25) is 0 Å². The Labute approximate surface area is 509 Å². The number of hydrogen-bond donors (Lipinski definition) is 0. The highest BCUT2D eigenvalue weighted by Gasteiger charge is 2.50. The second-order valence-corrected chi connectivity index (χ2v) is 32.7. The van der Waals surface area contributed by atoms with Crippen LogP contribution in [0.15, 0.2) is 150 Å². The summed E-state index contributed by atoms with van der Waals surface area (Å²) in [5.74, 6) is 0. The molecular weight excluding hydrogens is 1030 g/mol. The lowest BCUT2D eigenvalue weighted by Gasteiger charge is -2.49. The fourth-order valence-electron chi connectivity index (χ4n) is 16.0. The van der Waals surface area contributed by atoms with Gasteiger partial charge in [-0.05, 0) is 228 Å². The second kappa shape index (κ2) is 18.3. The van der Waals surface area contributed by atoms with Crippen LogP contribution >= 0.6 is 0 Å². The third-order valence-corrected chi connectivity index (χ3v) is 21.9. The van der Waals surface area contributed by atoms with Crippen LogP contribution in [0.1, 0.15) is 208 Å². The van der Waals surface area contributed by atoms with Crippen LogP contribution in [0.4, 0.5) is 51.2 Å². The number of benzene rings is 8.